The van der Waals surface area contributed by atoms with Crippen molar-refractivity contribution in [1.29, 1.82) is 5.41 Å². The molecule has 64 valence electrons. The van der Waals surface area contributed by atoms with E-state index in [4.69, 9.17) is 5.41 Å². The fourth-order valence-corrected chi connectivity index (χ4v) is 1.39. The summed E-state index contributed by atoms with van der Waals surface area (Å²) >= 11 is 4.15. The molecule has 0 aliphatic carbocycles. The highest BCUT2D eigenvalue weighted by Gasteiger charge is 2.05. The Morgan fingerprint density at radius 3 is 2.58 bits per heavy atom. The van der Waals surface area contributed by atoms with Crippen LogP contribution in [0.5, 0.6) is 0 Å². The molecule has 0 saturated carbocycles. The molecule has 3 heteroatoms. The Balaban J connectivity index is 3.33. The molecule has 0 saturated heterocycles. The van der Waals surface area contributed by atoms with Crippen LogP contribution in [0.1, 0.15) is 18.1 Å². The maximum atomic E-state index is 13.0. The van der Waals surface area contributed by atoms with Crippen LogP contribution in [0.2, 0.25) is 0 Å². The Bertz CT molecular complexity index is 334. The van der Waals surface area contributed by atoms with Crippen LogP contribution in [0.4, 0.5) is 4.39 Å². The van der Waals surface area contributed by atoms with Crippen molar-refractivity contribution < 1.29 is 4.39 Å². The summed E-state index contributed by atoms with van der Waals surface area (Å²) in [6.07, 6.45) is 0. The highest BCUT2D eigenvalue weighted by atomic mass is 32.1. The van der Waals surface area contributed by atoms with Gasteiger partial charge in [0.1, 0.15) is 5.82 Å². The first-order chi connectivity index (χ1) is 5.52. The second kappa shape index (κ2) is 3.27. The van der Waals surface area contributed by atoms with E-state index < -0.39 is 0 Å². The van der Waals surface area contributed by atoms with Gasteiger partial charge in [-0.2, -0.15) is 0 Å². The molecule has 1 aromatic rings. The lowest BCUT2D eigenvalue weighted by Crippen LogP contribution is -1.96. The molecular weight excluding hydrogens is 173 g/mol. The zero-order valence-corrected chi connectivity index (χ0v) is 7.87. The number of hydrogen-bond donors (Lipinski definition) is 2. The quantitative estimate of drug-likeness (QED) is 0.494. The predicted octanol–water partition coefficient (Wildman–Crippen LogP) is 2.81. The fourth-order valence-electron chi connectivity index (χ4n) is 0.967. The van der Waals surface area contributed by atoms with Gasteiger partial charge in [0.2, 0.25) is 0 Å². The van der Waals surface area contributed by atoms with Gasteiger partial charge in [-0.15, -0.1) is 12.6 Å². The minimum Gasteiger partial charge on any atom is -0.305 e. The molecule has 0 aliphatic heterocycles. The topological polar surface area (TPSA) is 23.9 Å². The van der Waals surface area contributed by atoms with Crippen LogP contribution < -0.4 is 0 Å². The maximum absolute atomic E-state index is 13.0. The van der Waals surface area contributed by atoms with Crippen LogP contribution in [-0.2, 0) is 0 Å². The third kappa shape index (κ3) is 1.67. The first-order valence-corrected chi connectivity index (χ1v) is 4.01. The van der Waals surface area contributed by atoms with E-state index in [1.165, 1.54) is 6.07 Å². The molecular formula is C9H10FNS. The number of thiol groups is 1. The van der Waals surface area contributed by atoms with Gasteiger partial charge in [0.25, 0.3) is 0 Å². The standard InChI is InChI=1S/C9H10FNS/c1-5-3-9(12)7(6(2)11)4-8(5)10/h3-4,11-12H,1-2H3. The molecule has 0 atom stereocenters. The lowest BCUT2D eigenvalue weighted by atomic mass is 10.1. The lowest BCUT2D eigenvalue weighted by molar-refractivity contribution is 0.616. The van der Waals surface area contributed by atoms with Crippen LogP contribution in [0.3, 0.4) is 0 Å². The van der Waals surface area contributed by atoms with Crippen molar-refractivity contribution >= 4 is 18.3 Å². The largest absolute Gasteiger partial charge is 0.305 e. The van der Waals surface area contributed by atoms with Gasteiger partial charge in [-0.3, -0.25) is 0 Å². The Labute approximate surface area is 76.5 Å². The van der Waals surface area contributed by atoms with E-state index in [2.05, 4.69) is 12.6 Å². The van der Waals surface area contributed by atoms with Crippen molar-refractivity contribution in [3.05, 3.63) is 29.1 Å². The van der Waals surface area contributed by atoms with Crippen molar-refractivity contribution in [3.63, 3.8) is 0 Å². The van der Waals surface area contributed by atoms with Crippen LogP contribution in [0.25, 0.3) is 0 Å². The zero-order valence-electron chi connectivity index (χ0n) is 6.98. The second-order valence-electron chi connectivity index (χ2n) is 2.74. The molecule has 1 N–H and O–H groups in total. The number of halogens is 1. The minimum atomic E-state index is -0.283. The van der Waals surface area contributed by atoms with Gasteiger partial charge in [-0.1, -0.05) is 0 Å². The lowest BCUT2D eigenvalue weighted by Gasteiger charge is -2.04. The first kappa shape index (κ1) is 9.26. The number of rotatable bonds is 1. The van der Waals surface area contributed by atoms with E-state index in [0.29, 0.717) is 21.7 Å². The Morgan fingerprint density at radius 2 is 2.08 bits per heavy atom. The van der Waals surface area contributed by atoms with Crippen LogP contribution in [0.15, 0.2) is 17.0 Å². The van der Waals surface area contributed by atoms with E-state index >= 15 is 0 Å². The van der Waals surface area contributed by atoms with E-state index in [1.807, 2.05) is 0 Å². The average Bonchev–Trinajstić information content (AvgIpc) is 1.96. The summed E-state index contributed by atoms with van der Waals surface area (Å²) in [7, 11) is 0. The first-order valence-electron chi connectivity index (χ1n) is 3.57. The van der Waals surface area contributed by atoms with Crippen molar-refractivity contribution in [3.8, 4) is 0 Å². The molecule has 0 amide bonds. The molecule has 1 nitrogen and oxygen atoms in total. The van der Waals surface area contributed by atoms with Crippen molar-refractivity contribution in [1.82, 2.24) is 0 Å². The zero-order chi connectivity index (χ0) is 9.30. The summed E-state index contributed by atoms with van der Waals surface area (Å²) < 4.78 is 13.0. The molecule has 1 rings (SSSR count). The van der Waals surface area contributed by atoms with E-state index in [9.17, 15) is 4.39 Å². The number of benzene rings is 1. The number of hydrogen-bond acceptors (Lipinski definition) is 2. The third-order valence-corrected chi connectivity index (χ3v) is 2.05. The van der Waals surface area contributed by atoms with E-state index in [-0.39, 0.29) is 5.82 Å². The predicted molar refractivity (Wildman–Crippen MR) is 50.9 cm³/mol. The normalized spacial score (nSPS) is 10.0. The highest BCUT2D eigenvalue weighted by Crippen LogP contribution is 2.18. The molecule has 0 fully saturated rings. The van der Waals surface area contributed by atoms with Crippen LogP contribution >= 0.6 is 12.6 Å². The second-order valence-corrected chi connectivity index (χ2v) is 3.23. The summed E-state index contributed by atoms with van der Waals surface area (Å²) in [5.74, 6) is -0.283. The molecule has 0 spiro atoms. The van der Waals surface area contributed by atoms with Gasteiger partial charge in [-0.25, -0.2) is 4.39 Å². The highest BCUT2D eigenvalue weighted by molar-refractivity contribution is 7.80. The molecule has 0 aromatic heterocycles. The third-order valence-electron chi connectivity index (χ3n) is 1.68. The van der Waals surface area contributed by atoms with Gasteiger partial charge in [0.15, 0.2) is 0 Å². The number of aryl methyl sites for hydroxylation is 1. The fraction of sp³-hybridized carbons (Fsp3) is 0.222. The SMILES string of the molecule is CC(=N)c1cc(F)c(C)cc1S. The Kier molecular flexibility index (Phi) is 2.52. The molecule has 0 heterocycles. The van der Waals surface area contributed by atoms with Gasteiger partial charge in [0, 0.05) is 16.2 Å². The smallest absolute Gasteiger partial charge is 0.126 e. The van der Waals surface area contributed by atoms with Gasteiger partial charge in [0.05, 0.1) is 0 Å². The summed E-state index contributed by atoms with van der Waals surface area (Å²) in [5, 5.41) is 7.33. The summed E-state index contributed by atoms with van der Waals surface area (Å²) in [4.78, 5) is 0.654. The number of nitrogens with one attached hydrogen (secondary N) is 1. The van der Waals surface area contributed by atoms with Crippen LogP contribution in [-0.4, -0.2) is 5.71 Å². The molecule has 0 radical (unpaired) electrons. The maximum Gasteiger partial charge on any atom is 0.126 e. The molecule has 0 aliphatic rings. The van der Waals surface area contributed by atoms with Crippen molar-refractivity contribution in [2.45, 2.75) is 18.7 Å². The summed E-state index contributed by atoms with van der Waals surface area (Å²) in [6.45, 7) is 3.29. The monoisotopic (exact) mass is 183 g/mol. The van der Waals surface area contributed by atoms with Crippen molar-refractivity contribution in [2.24, 2.45) is 0 Å². The molecule has 12 heavy (non-hydrogen) atoms. The Hall–Kier alpha value is -0.830. The minimum absolute atomic E-state index is 0.283. The van der Waals surface area contributed by atoms with E-state index in [0.717, 1.165) is 0 Å². The van der Waals surface area contributed by atoms with Crippen molar-refractivity contribution in [2.75, 3.05) is 0 Å². The van der Waals surface area contributed by atoms with Crippen LogP contribution in [0, 0.1) is 18.2 Å². The van der Waals surface area contributed by atoms with Gasteiger partial charge < -0.3 is 5.41 Å². The summed E-state index contributed by atoms with van der Waals surface area (Å²) in [6, 6.07) is 2.98. The molecule has 0 bridgehead atoms. The van der Waals surface area contributed by atoms with Gasteiger partial charge in [-0.05, 0) is 31.5 Å². The average molecular weight is 183 g/mol. The Morgan fingerprint density at radius 1 is 1.50 bits per heavy atom. The molecule has 1 aromatic carbocycles. The summed E-state index contributed by atoms with van der Waals surface area (Å²) in [5.41, 5.74) is 1.45. The molecule has 0 unspecified atom stereocenters. The van der Waals surface area contributed by atoms with E-state index in [1.54, 1.807) is 19.9 Å². The van der Waals surface area contributed by atoms with Gasteiger partial charge >= 0.3 is 0 Å².